The molecule has 3 nitrogen and oxygen atoms in total. The molecule has 1 unspecified atom stereocenters. The lowest BCUT2D eigenvalue weighted by atomic mass is 10.2. The maximum atomic E-state index is 9.75. The molecule has 4 heteroatoms. The van der Waals surface area contributed by atoms with E-state index in [-0.39, 0.29) is 0 Å². The Labute approximate surface area is 118 Å². The third-order valence-electron chi connectivity index (χ3n) is 3.15. The van der Waals surface area contributed by atoms with Gasteiger partial charge in [-0.15, -0.1) is 0 Å². The zero-order chi connectivity index (χ0) is 14.0. The largest absolute Gasteiger partial charge is 0.388 e. The summed E-state index contributed by atoms with van der Waals surface area (Å²) in [6.45, 7) is 8.82. The summed E-state index contributed by atoms with van der Waals surface area (Å²) in [4.78, 5) is 7.74. The van der Waals surface area contributed by atoms with E-state index in [0.29, 0.717) is 0 Å². The molecule has 0 saturated carbocycles. The Hall–Kier alpha value is -1.39. The molecule has 0 bridgehead atoms. The Morgan fingerprint density at radius 1 is 1.32 bits per heavy atom. The Kier molecular flexibility index (Phi) is 4.22. The third-order valence-corrected chi connectivity index (χ3v) is 4.50. The van der Waals surface area contributed by atoms with E-state index in [0.717, 1.165) is 22.2 Å². The first-order chi connectivity index (χ1) is 9.04. The van der Waals surface area contributed by atoms with Gasteiger partial charge in [-0.25, -0.2) is 4.98 Å². The molecule has 1 N–H and O–H groups in total. The van der Waals surface area contributed by atoms with Crippen molar-refractivity contribution in [2.75, 3.05) is 11.4 Å². The van der Waals surface area contributed by atoms with Gasteiger partial charge in [-0.1, -0.05) is 29.5 Å². The van der Waals surface area contributed by atoms with Crippen LogP contribution in [-0.2, 0) is 0 Å². The lowest BCUT2D eigenvalue weighted by Crippen LogP contribution is -2.16. The van der Waals surface area contributed by atoms with Crippen molar-refractivity contribution in [1.29, 1.82) is 0 Å². The molecular weight excluding hydrogens is 256 g/mol. The van der Waals surface area contributed by atoms with Gasteiger partial charge < -0.3 is 10.0 Å². The van der Waals surface area contributed by atoms with Gasteiger partial charge in [0.05, 0.1) is 16.7 Å². The normalized spacial score (nSPS) is 12.5. The topological polar surface area (TPSA) is 36.4 Å². The van der Waals surface area contributed by atoms with Crippen molar-refractivity contribution in [3.05, 3.63) is 40.4 Å². The molecule has 2 rings (SSSR count). The van der Waals surface area contributed by atoms with Crippen LogP contribution >= 0.6 is 11.3 Å². The summed E-state index contributed by atoms with van der Waals surface area (Å²) in [7, 11) is 0. The number of aryl methyl sites for hydroxylation is 2. The van der Waals surface area contributed by atoms with Crippen molar-refractivity contribution < 1.29 is 5.11 Å². The quantitative estimate of drug-likeness (QED) is 0.918. The summed E-state index contributed by atoms with van der Waals surface area (Å²) < 4.78 is 0. The van der Waals surface area contributed by atoms with Gasteiger partial charge in [0.15, 0.2) is 5.13 Å². The fourth-order valence-electron chi connectivity index (χ4n) is 2.17. The molecule has 0 amide bonds. The molecule has 0 saturated heterocycles. The molecule has 0 aliphatic heterocycles. The van der Waals surface area contributed by atoms with Crippen LogP contribution in [0.3, 0.4) is 0 Å². The Bertz CT molecular complexity index is 563. The number of thiazole rings is 1. The maximum Gasteiger partial charge on any atom is 0.190 e. The van der Waals surface area contributed by atoms with Crippen molar-refractivity contribution in [2.45, 2.75) is 33.8 Å². The van der Waals surface area contributed by atoms with E-state index >= 15 is 0 Å². The number of nitrogens with zero attached hydrogens (tertiary/aromatic N) is 2. The first-order valence-corrected chi connectivity index (χ1v) is 7.34. The fourth-order valence-corrected chi connectivity index (χ4v) is 3.25. The molecule has 1 aromatic carbocycles. The maximum absolute atomic E-state index is 9.75. The van der Waals surface area contributed by atoms with E-state index in [1.165, 1.54) is 11.3 Å². The predicted molar refractivity (Wildman–Crippen MR) is 81.3 cm³/mol. The van der Waals surface area contributed by atoms with E-state index in [2.05, 4.69) is 35.9 Å². The molecule has 0 aliphatic carbocycles. The number of anilines is 2. The molecule has 2 aromatic rings. The van der Waals surface area contributed by atoms with Gasteiger partial charge in [-0.2, -0.15) is 0 Å². The highest BCUT2D eigenvalue weighted by molar-refractivity contribution is 7.15. The zero-order valence-corrected chi connectivity index (χ0v) is 12.7. The molecule has 1 atom stereocenters. The minimum absolute atomic E-state index is 0.457. The van der Waals surface area contributed by atoms with E-state index in [1.54, 1.807) is 18.3 Å². The van der Waals surface area contributed by atoms with Crippen LogP contribution in [0.15, 0.2) is 24.3 Å². The van der Waals surface area contributed by atoms with E-state index in [1.807, 2.05) is 19.1 Å². The smallest absolute Gasteiger partial charge is 0.190 e. The zero-order valence-electron chi connectivity index (χ0n) is 11.8. The average molecular weight is 276 g/mol. The van der Waals surface area contributed by atoms with Crippen molar-refractivity contribution in [3.8, 4) is 0 Å². The van der Waals surface area contributed by atoms with Gasteiger partial charge >= 0.3 is 0 Å². The van der Waals surface area contributed by atoms with Crippen molar-refractivity contribution in [2.24, 2.45) is 0 Å². The molecule has 0 fully saturated rings. The molecule has 0 aliphatic rings. The summed E-state index contributed by atoms with van der Waals surface area (Å²) in [5, 5.41) is 10.7. The second kappa shape index (κ2) is 5.72. The van der Waals surface area contributed by atoms with Gasteiger partial charge in [-0.3, -0.25) is 0 Å². The second-order valence-electron chi connectivity index (χ2n) is 4.65. The number of para-hydroxylation sites is 1. The number of aliphatic hydroxyl groups excluding tert-OH is 1. The minimum Gasteiger partial charge on any atom is -0.388 e. The van der Waals surface area contributed by atoms with Crippen molar-refractivity contribution in [1.82, 2.24) is 4.98 Å². The van der Waals surface area contributed by atoms with Crippen LogP contribution in [0.1, 0.15) is 36.1 Å². The number of aliphatic hydroxyl groups is 1. The Morgan fingerprint density at radius 3 is 2.53 bits per heavy atom. The van der Waals surface area contributed by atoms with Crippen LogP contribution in [0, 0.1) is 13.8 Å². The van der Waals surface area contributed by atoms with E-state index < -0.39 is 6.10 Å². The second-order valence-corrected chi connectivity index (χ2v) is 5.66. The summed E-state index contributed by atoms with van der Waals surface area (Å²) in [5.74, 6) is 0. The van der Waals surface area contributed by atoms with Gasteiger partial charge in [-0.05, 0) is 39.3 Å². The van der Waals surface area contributed by atoms with Crippen LogP contribution in [0.2, 0.25) is 0 Å². The van der Waals surface area contributed by atoms with E-state index in [9.17, 15) is 5.11 Å². The molecule has 19 heavy (non-hydrogen) atoms. The molecule has 0 radical (unpaired) electrons. The monoisotopic (exact) mass is 276 g/mol. The molecule has 0 spiro atoms. The number of rotatable bonds is 4. The van der Waals surface area contributed by atoms with Gasteiger partial charge in [0.2, 0.25) is 0 Å². The molecule has 1 aromatic heterocycles. The van der Waals surface area contributed by atoms with Crippen LogP contribution in [0.5, 0.6) is 0 Å². The molecular formula is C15H20N2OS. The highest BCUT2D eigenvalue weighted by atomic mass is 32.1. The van der Waals surface area contributed by atoms with E-state index in [4.69, 9.17) is 0 Å². The first kappa shape index (κ1) is 14.0. The van der Waals surface area contributed by atoms with Gasteiger partial charge in [0.1, 0.15) is 0 Å². The van der Waals surface area contributed by atoms with Crippen LogP contribution in [0.25, 0.3) is 0 Å². The summed E-state index contributed by atoms with van der Waals surface area (Å²) in [6, 6.07) is 8.30. The van der Waals surface area contributed by atoms with Crippen LogP contribution < -0.4 is 4.90 Å². The highest BCUT2D eigenvalue weighted by Crippen LogP contribution is 2.35. The van der Waals surface area contributed by atoms with Crippen LogP contribution in [-0.4, -0.2) is 16.6 Å². The molecule has 1 heterocycles. The summed E-state index contributed by atoms with van der Waals surface area (Å²) >= 11 is 1.57. The fraction of sp³-hybridized carbons (Fsp3) is 0.400. The molecule has 102 valence electrons. The summed E-state index contributed by atoms with van der Waals surface area (Å²) in [6.07, 6.45) is -0.457. The first-order valence-electron chi connectivity index (χ1n) is 6.53. The van der Waals surface area contributed by atoms with Crippen molar-refractivity contribution >= 4 is 22.2 Å². The Morgan fingerprint density at radius 2 is 2.00 bits per heavy atom. The van der Waals surface area contributed by atoms with Crippen molar-refractivity contribution in [3.63, 3.8) is 0 Å². The SMILES string of the molecule is CCN(c1nc(C)c(C(C)O)s1)c1ccccc1C. The lowest BCUT2D eigenvalue weighted by molar-refractivity contribution is 0.202. The Balaban J connectivity index is 2.43. The van der Waals surface area contributed by atoms with Gasteiger partial charge in [0, 0.05) is 12.2 Å². The average Bonchev–Trinajstić information content (AvgIpc) is 2.75. The van der Waals surface area contributed by atoms with Gasteiger partial charge in [0.25, 0.3) is 0 Å². The number of hydrogen-bond donors (Lipinski definition) is 1. The highest BCUT2D eigenvalue weighted by Gasteiger charge is 2.17. The standard InChI is InChI=1S/C15H20N2OS/c1-5-17(13-9-7-6-8-10(13)2)15-16-11(3)14(19-15)12(4)18/h6-9,12,18H,5H2,1-4H3. The van der Waals surface area contributed by atoms with Crippen LogP contribution in [0.4, 0.5) is 10.8 Å². The number of aromatic nitrogens is 1. The number of benzene rings is 1. The third kappa shape index (κ3) is 2.80. The minimum atomic E-state index is -0.457. The predicted octanol–water partition coefficient (Wildman–Crippen LogP) is 3.97. The lowest BCUT2D eigenvalue weighted by Gasteiger charge is -2.21. The summed E-state index contributed by atoms with van der Waals surface area (Å²) in [5.41, 5.74) is 3.33. The number of hydrogen-bond acceptors (Lipinski definition) is 4.